The second-order valence-corrected chi connectivity index (χ2v) is 6.12. The zero-order valence-electron chi connectivity index (χ0n) is 12.4. The van der Waals surface area contributed by atoms with Crippen molar-refractivity contribution in [1.29, 1.82) is 0 Å². The van der Waals surface area contributed by atoms with Gasteiger partial charge in [-0.25, -0.2) is 4.98 Å². The molecule has 3 nitrogen and oxygen atoms in total. The molecule has 2 aromatic rings. The molecule has 0 unspecified atom stereocenters. The molecule has 0 spiro atoms. The van der Waals surface area contributed by atoms with Crippen LogP contribution in [0.1, 0.15) is 19.5 Å². The molecule has 0 saturated carbocycles. The summed E-state index contributed by atoms with van der Waals surface area (Å²) in [6.45, 7) is 4.80. The predicted molar refractivity (Wildman–Crippen MR) is 89.5 cm³/mol. The number of ether oxygens (including phenoxy) is 1. The molecule has 0 radical (unpaired) electrons. The summed E-state index contributed by atoms with van der Waals surface area (Å²) in [4.78, 5) is 5.57. The van der Waals surface area contributed by atoms with Crippen LogP contribution in [0.2, 0.25) is 5.02 Å². The van der Waals surface area contributed by atoms with Crippen LogP contribution >= 0.6 is 23.4 Å². The number of nitrogens with zero attached hydrogens (tertiary/aromatic N) is 1. The number of para-hydroxylation sites is 1. The van der Waals surface area contributed by atoms with E-state index in [1.807, 2.05) is 36.6 Å². The molecule has 0 atom stereocenters. The molecule has 0 aliphatic carbocycles. The van der Waals surface area contributed by atoms with Crippen molar-refractivity contribution < 1.29 is 4.74 Å². The van der Waals surface area contributed by atoms with Crippen LogP contribution < -0.4 is 10.1 Å². The average molecular weight is 323 g/mol. The van der Waals surface area contributed by atoms with Crippen molar-refractivity contribution in [1.82, 2.24) is 10.3 Å². The van der Waals surface area contributed by atoms with E-state index in [1.54, 1.807) is 17.8 Å². The van der Waals surface area contributed by atoms with E-state index in [4.69, 9.17) is 16.3 Å². The molecule has 0 bridgehead atoms. The van der Waals surface area contributed by atoms with Gasteiger partial charge in [0.25, 0.3) is 0 Å². The van der Waals surface area contributed by atoms with Crippen LogP contribution in [-0.4, -0.2) is 17.3 Å². The SMILES string of the molecule is CSc1ccccc1Oc1ccc(Cl)c(CNC(C)C)n1. The van der Waals surface area contributed by atoms with Gasteiger partial charge in [0.2, 0.25) is 5.88 Å². The molecule has 0 amide bonds. The van der Waals surface area contributed by atoms with Gasteiger partial charge in [-0.1, -0.05) is 37.6 Å². The smallest absolute Gasteiger partial charge is 0.219 e. The maximum Gasteiger partial charge on any atom is 0.219 e. The highest BCUT2D eigenvalue weighted by atomic mass is 35.5. The minimum Gasteiger partial charge on any atom is -0.438 e. The Morgan fingerprint density at radius 3 is 2.71 bits per heavy atom. The van der Waals surface area contributed by atoms with E-state index in [0.717, 1.165) is 16.3 Å². The predicted octanol–water partition coefficient (Wildman–Crippen LogP) is 4.75. The lowest BCUT2D eigenvalue weighted by Crippen LogP contribution is -2.22. The van der Waals surface area contributed by atoms with Crippen LogP contribution in [0.5, 0.6) is 11.6 Å². The van der Waals surface area contributed by atoms with Gasteiger partial charge in [-0.15, -0.1) is 11.8 Å². The Labute approximate surface area is 135 Å². The Hall–Kier alpha value is -1.23. The van der Waals surface area contributed by atoms with E-state index in [1.165, 1.54) is 0 Å². The zero-order valence-corrected chi connectivity index (χ0v) is 14.0. The average Bonchev–Trinajstić information content (AvgIpc) is 2.48. The maximum absolute atomic E-state index is 6.18. The zero-order chi connectivity index (χ0) is 15.2. The quantitative estimate of drug-likeness (QED) is 0.778. The Morgan fingerprint density at radius 1 is 1.24 bits per heavy atom. The Balaban J connectivity index is 2.18. The minimum atomic E-state index is 0.379. The normalized spacial score (nSPS) is 10.9. The molecule has 1 aromatic heterocycles. The number of nitrogens with one attached hydrogen (secondary N) is 1. The molecule has 0 fully saturated rings. The fraction of sp³-hybridized carbons (Fsp3) is 0.312. The van der Waals surface area contributed by atoms with Crippen molar-refractivity contribution in [2.75, 3.05) is 6.26 Å². The molecule has 0 saturated heterocycles. The topological polar surface area (TPSA) is 34.1 Å². The van der Waals surface area contributed by atoms with E-state index in [9.17, 15) is 0 Å². The van der Waals surface area contributed by atoms with Crippen LogP contribution in [0, 0.1) is 0 Å². The van der Waals surface area contributed by atoms with Gasteiger partial charge in [-0.2, -0.15) is 0 Å². The summed E-state index contributed by atoms with van der Waals surface area (Å²) in [6.07, 6.45) is 2.02. The molecule has 1 N–H and O–H groups in total. The number of benzene rings is 1. The fourth-order valence-corrected chi connectivity index (χ4v) is 2.46. The standard InChI is InChI=1S/C16H19ClN2OS/c1-11(2)18-10-13-12(17)8-9-16(19-13)20-14-6-4-5-7-15(14)21-3/h4-9,11,18H,10H2,1-3H3. The summed E-state index contributed by atoms with van der Waals surface area (Å²) in [5, 5.41) is 3.96. The van der Waals surface area contributed by atoms with Crippen LogP contribution in [0.3, 0.4) is 0 Å². The van der Waals surface area contributed by atoms with E-state index in [0.29, 0.717) is 23.5 Å². The molecule has 112 valence electrons. The van der Waals surface area contributed by atoms with Crippen LogP contribution in [0.15, 0.2) is 41.3 Å². The van der Waals surface area contributed by atoms with E-state index in [-0.39, 0.29) is 0 Å². The largest absolute Gasteiger partial charge is 0.438 e. The van der Waals surface area contributed by atoms with Crippen molar-refractivity contribution in [3.8, 4) is 11.6 Å². The van der Waals surface area contributed by atoms with Crippen molar-refractivity contribution >= 4 is 23.4 Å². The highest BCUT2D eigenvalue weighted by Gasteiger charge is 2.08. The Kier molecular flexibility index (Phi) is 5.91. The summed E-state index contributed by atoms with van der Waals surface area (Å²) in [7, 11) is 0. The lowest BCUT2D eigenvalue weighted by Gasteiger charge is -2.12. The Morgan fingerprint density at radius 2 is 2.00 bits per heavy atom. The third kappa shape index (κ3) is 4.63. The van der Waals surface area contributed by atoms with Crippen LogP contribution in [-0.2, 0) is 6.54 Å². The lowest BCUT2D eigenvalue weighted by atomic mass is 10.3. The van der Waals surface area contributed by atoms with Crippen LogP contribution in [0.4, 0.5) is 0 Å². The van der Waals surface area contributed by atoms with Crippen molar-refractivity contribution in [3.63, 3.8) is 0 Å². The third-order valence-corrected chi connectivity index (χ3v) is 3.98. The van der Waals surface area contributed by atoms with Gasteiger partial charge >= 0.3 is 0 Å². The third-order valence-electron chi connectivity index (χ3n) is 2.85. The first kappa shape index (κ1) is 16.1. The molecule has 1 heterocycles. The van der Waals surface area contributed by atoms with Gasteiger partial charge in [0, 0.05) is 23.5 Å². The first-order valence-electron chi connectivity index (χ1n) is 6.80. The second kappa shape index (κ2) is 7.69. The lowest BCUT2D eigenvalue weighted by molar-refractivity contribution is 0.448. The highest BCUT2D eigenvalue weighted by Crippen LogP contribution is 2.31. The van der Waals surface area contributed by atoms with E-state index in [2.05, 4.69) is 24.1 Å². The number of hydrogen-bond donors (Lipinski definition) is 1. The first-order valence-corrected chi connectivity index (χ1v) is 8.40. The number of hydrogen-bond acceptors (Lipinski definition) is 4. The summed E-state index contributed by atoms with van der Waals surface area (Å²) in [6, 6.07) is 11.9. The molecule has 0 aliphatic rings. The number of rotatable bonds is 6. The second-order valence-electron chi connectivity index (χ2n) is 4.87. The summed E-state index contributed by atoms with van der Waals surface area (Å²) in [5.74, 6) is 1.36. The Bertz CT molecular complexity index is 605. The van der Waals surface area contributed by atoms with Crippen molar-refractivity contribution in [2.24, 2.45) is 0 Å². The van der Waals surface area contributed by atoms with E-state index < -0.39 is 0 Å². The number of halogens is 1. The fourth-order valence-electron chi connectivity index (χ4n) is 1.76. The van der Waals surface area contributed by atoms with Gasteiger partial charge in [-0.3, -0.25) is 0 Å². The van der Waals surface area contributed by atoms with Gasteiger partial charge < -0.3 is 10.1 Å². The summed E-state index contributed by atoms with van der Waals surface area (Å²) >= 11 is 7.82. The van der Waals surface area contributed by atoms with Gasteiger partial charge in [0.15, 0.2) is 0 Å². The molecular weight excluding hydrogens is 304 g/mol. The molecule has 2 rings (SSSR count). The maximum atomic E-state index is 6.18. The van der Waals surface area contributed by atoms with Gasteiger partial charge in [0.05, 0.1) is 10.7 Å². The molecule has 5 heteroatoms. The first-order chi connectivity index (χ1) is 10.1. The highest BCUT2D eigenvalue weighted by molar-refractivity contribution is 7.98. The molecule has 1 aromatic carbocycles. The van der Waals surface area contributed by atoms with E-state index >= 15 is 0 Å². The summed E-state index contributed by atoms with van der Waals surface area (Å²) < 4.78 is 5.88. The van der Waals surface area contributed by atoms with Gasteiger partial charge in [0.1, 0.15) is 5.75 Å². The molecular formula is C16H19ClN2OS. The summed E-state index contributed by atoms with van der Waals surface area (Å²) in [5.41, 5.74) is 0.796. The monoisotopic (exact) mass is 322 g/mol. The number of pyridine rings is 1. The number of aromatic nitrogens is 1. The molecule has 0 aliphatic heterocycles. The van der Waals surface area contributed by atoms with Gasteiger partial charge in [-0.05, 0) is 24.5 Å². The van der Waals surface area contributed by atoms with Crippen LogP contribution in [0.25, 0.3) is 0 Å². The molecule has 21 heavy (non-hydrogen) atoms. The minimum absolute atomic E-state index is 0.379. The van der Waals surface area contributed by atoms with Crippen molar-refractivity contribution in [2.45, 2.75) is 31.3 Å². The van der Waals surface area contributed by atoms with Crippen molar-refractivity contribution in [3.05, 3.63) is 47.1 Å². The number of thioether (sulfide) groups is 1.